The molecule has 0 atom stereocenters. The van der Waals surface area contributed by atoms with Gasteiger partial charge in [-0.2, -0.15) is 15.3 Å². The number of carbonyl (C=O) groups excluding carboxylic acids is 1. The highest BCUT2D eigenvalue weighted by Gasteiger charge is 2.25. The van der Waals surface area contributed by atoms with Crippen LogP contribution in [-0.2, 0) is 13.6 Å². The Hall–Kier alpha value is -3.34. The maximum atomic E-state index is 12.3. The lowest BCUT2D eigenvalue weighted by Crippen LogP contribution is -2.20. The molecule has 2 heterocycles. The van der Waals surface area contributed by atoms with Gasteiger partial charge in [0.1, 0.15) is 6.20 Å². The van der Waals surface area contributed by atoms with Crippen LogP contribution in [0.15, 0.2) is 46.1 Å². The number of amides is 1. The third kappa shape index (κ3) is 4.49. The second-order valence-electron chi connectivity index (χ2n) is 5.98. The molecule has 1 amide bonds. The predicted octanol–water partition coefficient (Wildman–Crippen LogP) is 2.41. The van der Waals surface area contributed by atoms with Crippen LogP contribution in [0.2, 0.25) is 0 Å². The molecule has 10 nitrogen and oxygen atoms in total. The number of hydrogen-bond acceptors (Lipinski definition) is 6. The number of benzene rings is 1. The maximum Gasteiger partial charge on any atom is 0.320 e. The van der Waals surface area contributed by atoms with E-state index in [9.17, 15) is 14.9 Å². The zero-order valence-electron chi connectivity index (χ0n) is 15.0. The first-order valence-electron chi connectivity index (χ1n) is 8.14. The zero-order chi connectivity index (χ0) is 20.3. The summed E-state index contributed by atoms with van der Waals surface area (Å²) < 4.78 is 3.87. The molecule has 1 N–H and O–H groups in total. The zero-order valence-corrected chi connectivity index (χ0v) is 16.6. The molecule has 0 radical (unpaired) electrons. The molecule has 0 saturated carbocycles. The molecular weight excluding hydrogens is 430 g/mol. The lowest BCUT2D eigenvalue weighted by molar-refractivity contribution is -0.385. The molecule has 0 aliphatic rings. The number of hydrazone groups is 1. The number of nitro groups is 1. The van der Waals surface area contributed by atoms with Crippen molar-refractivity contribution >= 4 is 33.7 Å². The van der Waals surface area contributed by atoms with Crippen LogP contribution in [0.5, 0.6) is 0 Å². The van der Waals surface area contributed by atoms with E-state index in [-0.39, 0.29) is 11.4 Å². The van der Waals surface area contributed by atoms with Gasteiger partial charge in [0.15, 0.2) is 0 Å². The number of halogens is 1. The van der Waals surface area contributed by atoms with Crippen LogP contribution in [0, 0.1) is 17.0 Å². The van der Waals surface area contributed by atoms with Gasteiger partial charge in [0.25, 0.3) is 5.91 Å². The number of aromatic nitrogens is 4. The molecule has 0 unspecified atom stereocenters. The molecule has 0 saturated heterocycles. The first kappa shape index (κ1) is 19.4. The number of rotatable bonds is 6. The Morgan fingerprint density at radius 3 is 2.68 bits per heavy atom. The monoisotopic (exact) mass is 445 g/mol. The summed E-state index contributed by atoms with van der Waals surface area (Å²) in [4.78, 5) is 23.0. The Bertz CT molecular complexity index is 1050. The van der Waals surface area contributed by atoms with Gasteiger partial charge in [-0.25, -0.2) is 5.43 Å². The van der Waals surface area contributed by atoms with E-state index < -0.39 is 10.8 Å². The molecule has 144 valence electrons. The Labute approximate surface area is 168 Å². The molecule has 1 aromatic carbocycles. The molecule has 0 aliphatic carbocycles. The molecular formula is C17H16BrN7O3. The van der Waals surface area contributed by atoms with E-state index in [2.05, 4.69) is 36.7 Å². The summed E-state index contributed by atoms with van der Waals surface area (Å²) in [6, 6.07) is 9.21. The van der Waals surface area contributed by atoms with E-state index in [0.29, 0.717) is 12.2 Å². The van der Waals surface area contributed by atoms with Crippen LogP contribution in [0.25, 0.3) is 0 Å². The average Bonchev–Trinajstić information content (AvgIpc) is 3.20. The largest absolute Gasteiger partial charge is 0.320 e. The fourth-order valence-electron chi connectivity index (χ4n) is 2.53. The quantitative estimate of drug-likeness (QED) is 0.354. The minimum atomic E-state index is -0.767. The van der Waals surface area contributed by atoms with Crippen molar-refractivity contribution in [3.05, 3.63) is 73.8 Å². The van der Waals surface area contributed by atoms with Crippen molar-refractivity contribution in [3.63, 3.8) is 0 Å². The second-order valence-corrected chi connectivity index (χ2v) is 6.89. The van der Waals surface area contributed by atoms with Crippen LogP contribution in [0.1, 0.15) is 27.4 Å². The molecule has 3 aromatic rings. The summed E-state index contributed by atoms with van der Waals surface area (Å²) in [6.07, 6.45) is 2.63. The van der Waals surface area contributed by atoms with Gasteiger partial charge in [0.2, 0.25) is 5.69 Å². The Morgan fingerprint density at radius 2 is 2.07 bits per heavy atom. The molecule has 0 fully saturated rings. The van der Waals surface area contributed by atoms with Crippen molar-refractivity contribution in [2.75, 3.05) is 0 Å². The van der Waals surface area contributed by atoms with Crippen LogP contribution in [-0.4, -0.2) is 36.6 Å². The number of hydrogen-bond donors (Lipinski definition) is 1. The number of aryl methyl sites for hydroxylation is 2. The molecule has 28 heavy (non-hydrogen) atoms. The van der Waals surface area contributed by atoms with Gasteiger partial charge in [0.05, 0.1) is 29.1 Å². The topological polar surface area (TPSA) is 120 Å². The molecule has 0 aliphatic heterocycles. The minimum Gasteiger partial charge on any atom is -0.267 e. The van der Waals surface area contributed by atoms with Crippen molar-refractivity contribution < 1.29 is 9.72 Å². The summed E-state index contributed by atoms with van der Waals surface area (Å²) in [6.45, 7) is 2.12. The third-order valence-electron chi connectivity index (χ3n) is 3.81. The Morgan fingerprint density at radius 1 is 1.36 bits per heavy atom. The highest BCUT2D eigenvalue weighted by Crippen LogP contribution is 2.18. The fourth-order valence-corrected chi connectivity index (χ4v) is 2.79. The lowest BCUT2D eigenvalue weighted by atomic mass is 10.2. The van der Waals surface area contributed by atoms with E-state index in [1.807, 2.05) is 31.2 Å². The van der Waals surface area contributed by atoms with Crippen LogP contribution in [0.3, 0.4) is 0 Å². The summed E-state index contributed by atoms with van der Waals surface area (Å²) in [5, 5.41) is 23.3. The van der Waals surface area contributed by atoms with E-state index in [1.165, 1.54) is 17.1 Å². The number of nitrogens with zero attached hydrogens (tertiary/aromatic N) is 6. The van der Waals surface area contributed by atoms with Gasteiger partial charge >= 0.3 is 5.69 Å². The first-order chi connectivity index (χ1) is 13.3. The summed E-state index contributed by atoms with van der Waals surface area (Å²) in [7, 11) is 1.74. The highest BCUT2D eigenvalue weighted by atomic mass is 79.9. The summed E-state index contributed by atoms with van der Waals surface area (Å²) in [5.41, 5.74) is 3.94. The third-order valence-corrected chi connectivity index (χ3v) is 4.34. The molecule has 0 spiro atoms. The van der Waals surface area contributed by atoms with Gasteiger partial charge in [-0.3, -0.25) is 24.3 Å². The van der Waals surface area contributed by atoms with Crippen LogP contribution < -0.4 is 5.43 Å². The summed E-state index contributed by atoms with van der Waals surface area (Å²) in [5.74, 6) is -0.767. The second kappa shape index (κ2) is 8.13. The van der Waals surface area contributed by atoms with Crippen molar-refractivity contribution in [2.24, 2.45) is 12.1 Å². The van der Waals surface area contributed by atoms with Gasteiger partial charge in [0, 0.05) is 11.5 Å². The van der Waals surface area contributed by atoms with E-state index >= 15 is 0 Å². The van der Waals surface area contributed by atoms with Crippen molar-refractivity contribution in [1.29, 1.82) is 0 Å². The number of carbonyl (C=O) groups is 1. The lowest BCUT2D eigenvalue weighted by Gasteiger charge is -2.01. The van der Waals surface area contributed by atoms with Crippen molar-refractivity contribution in [3.8, 4) is 0 Å². The normalized spacial score (nSPS) is 11.1. The molecule has 0 bridgehead atoms. The van der Waals surface area contributed by atoms with Gasteiger partial charge in [-0.1, -0.05) is 28.1 Å². The molecule has 3 rings (SSSR count). The van der Waals surface area contributed by atoms with E-state index in [1.54, 1.807) is 17.8 Å². The summed E-state index contributed by atoms with van der Waals surface area (Å²) >= 11 is 3.35. The standard InChI is InChI=1S/C17H16BrN7O3/c1-11-7-14(23(2)21-11)8-19-20-17(26)16-15(25(27)28)10-24(22-16)9-12-3-5-13(18)6-4-12/h3-8,10H,9H2,1-2H3,(H,20,26)/b19-8+. The van der Waals surface area contributed by atoms with Gasteiger partial charge in [-0.05, 0) is 30.7 Å². The fraction of sp³-hybridized carbons (Fsp3) is 0.176. The smallest absolute Gasteiger partial charge is 0.267 e. The van der Waals surface area contributed by atoms with Gasteiger partial charge < -0.3 is 0 Å². The Balaban J connectivity index is 1.76. The maximum absolute atomic E-state index is 12.3. The minimum absolute atomic E-state index is 0.291. The SMILES string of the molecule is Cc1cc(/C=N/NC(=O)c2nn(Cc3ccc(Br)cc3)cc2[N+](=O)[O-])n(C)n1. The van der Waals surface area contributed by atoms with E-state index in [0.717, 1.165) is 15.7 Å². The van der Waals surface area contributed by atoms with Crippen LogP contribution >= 0.6 is 15.9 Å². The van der Waals surface area contributed by atoms with Gasteiger partial charge in [-0.15, -0.1) is 0 Å². The van der Waals surface area contributed by atoms with Crippen LogP contribution in [0.4, 0.5) is 5.69 Å². The van der Waals surface area contributed by atoms with Crippen molar-refractivity contribution in [2.45, 2.75) is 13.5 Å². The predicted molar refractivity (Wildman–Crippen MR) is 105 cm³/mol. The molecule has 2 aromatic heterocycles. The van der Waals surface area contributed by atoms with Crippen molar-refractivity contribution in [1.82, 2.24) is 25.0 Å². The molecule has 11 heteroatoms. The first-order valence-corrected chi connectivity index (χ1v) is 8.93. The highest BCUT2D eigenvalue weighted by molar-refractivity contribution is 9.10. The van der Waals surface area contributed by atoms with E-state index in [4.69, 9.17) is 0 Å². The number of nitrogens with one attached hydrogen (secondary N) is 1. The average molecular weight is 446 g/mol. The Kier molecular flexibility index (Phi) is 5.64.